The summed E-state index contributed by atoms with van der Waals surface area (Å²) in [5.41, 5.74) is 12.3. The number of benzene rings is 3. The second-order valence-electron chi connectivity index (χ2n) is 10.7. The normalized spacial score (nSPS) is 19.8. The van der Waals surface area contributed by atoms with Crippen molar-refractivity contribution in [1.82, 2.24) is 0 Å². The molecule has 0 fully saturated rings. The first-order valence-corrected chi connectivity index (χ1v) is 10.5. The summed E-state index contributed by atoms with van der Waals surface area (Å²) >= 11 is 0. The van der Waals surface area contributed by atoms with E-state index in [-0.39, 0.29) is 10.8 Å². The van der Waals surface area contributed by atoms with Crippen LogP contribution in [0, 0.1) is 0 Å². The molecule has 2 atom stereocenters. The molecule has 28 heavy (non-hydrogen) atoms. The summed E-state index contributed by atoms with van der Waals surface area (Å²) in [5.74, 6) is 0.727. The number of hydrogen-bond donors (Lipinski definition) is 0. The third-order valence-electron chi connectivity index (χ3n) is 6.77. The standard InChI is InChI=1S/C28H30/c1-27(2,3)17-11-13-21-23(15-17)25-19-9-7-8-10-20(19)26(21)24-16-18(28(4,5)6)12-14-22(24)25/h7-16,25-26H,1-6H3. The van der Waals surface area contributed by atoms with Crippen LogP contribution in [0.2, 0.25) is 0 Å². The molecule has 0 heterocycles. The second kappa shape index (κ2) is 5.60. The van der Waals surface area contributed by atoms with E-state index in [1.165, 1.54) is 44.5 Å². The number of hydrogen-bond acceptors (Lipinski definition) is 0. The Hall–Kier alpha value is -2.34. The molecule has 0 radical (unpaired) electrons. The van der Waals surface area contributed by atoms with E-state index >= 15 is 0 Å². The van der Waals surface area contributed by atoms with Gasteiger partial charge < -0.3 is 0 Å². The molecule has 0 heteroatoms. The first-order chi connectivity index (χ1) is 13.2. The summed E-state index contributed by atoms with van der Waals surface area (Å²) in [6.45, 7) is 13.9. The van der Waals surface area contributed by atoms with Crippen LogP contribution in [0.1, 0.15) is 97.9 Å². The minimum absolute atomic E-state index is 0.171. The van der Waals surface area contributed by atoms with Gasteiger partial charge in [-0.3, -0.25) is 0 Å². The van der Waals surface area contributed by atoms with Gasteiger partial charge in [0.15, 0.2) is 0 Å². The lowest BCUT2D eigenvalue weighted by Gasteiger charge is -2.43. The van der Waals surface area contributed by atoms with Crippen LogP contribution >= 0.6 is 0 Å². The molecule has 2 bridgehead atoms. The maximum Gasteiger partial charge on any atom is 0.0349 e. The molecule has 0 N–H and O–H groups in total. The van der Waals surface area contributed by atoms with E-state index in [1.54, 1.807) is 0 Å². The number of rotatable bonds is 0. The van der Waals surface area contributed by atoms with Gasteiger partial charge >= 0.3 is 0 Å². The maximum atomic E-state index is 2.49. The van der Waals surface area contributed by atoms with Crippen molar-refractivity contribution in [3.63, 3.8) is 0 Å². The molecule has 3 aromatic rings. The van der Waals surface area contributed by atoms with E-state index < -0.39 is 0 Å². The Labute approximate surface area is 169 Å². The van der Waals surface area contributed by atoms with Crippen molar-refractivity contribution in [3.05, 3.63) is 105 Å². The lowest BCUT2D eigenvalue weighted by Crippen LogP contribution is -2.29. The summed E-state index contributed by atoms with van der Waals surface area (Å²) in [7, 11) is 0. The summed E-state index contributed by atoms with van der Waals surface area (Å²) in [6, 6.07) is 23.6. The van der Waals surface area contributed by atoms with Crippen LogP contribution in [-0.2, 0) is 10.8 Å². The first-order valence-electron chi connectivity index (χ1n) is 10.5. The molecule has 0 nitrogen and oxygen atoms in total. The van der Waals surface area contributed by atoms with E-state index in [2.05, 4.69) is 102 Å². The van der Waals surface area contributed by atoms with E-state index in [9.17, 15) is 0 Å². The van der Waals surface area contributed by atoms with Crippen molar-refractivity contribution >= 4 is 0 Å². The van der Waals surface area contributed by atoms with Gasteiger partial charge in [-0.15, -0.1) is 0 Å². The third kappa shape index (κ3) is 2.43. The Morgan fingerprint density at radius 3 is 1.18 bits per heavy atom. The van der Waals surface area contributed by atoms with Gasteiger partial charge in [0.2, 0.25) is 0 Å². The molecule has 0 saturated heterocycles. The van der Waals surface area contributed by atoms with Crippen molar-refractivity contribution in [2.75, 3.05) is 0 Å². The van der Waals surface area contributed by atoms with Crippen LogP contribution in [0.3, 0.4) is 0 Å². The molecule has 3 aliphatic carbocycles. The van der Waals surface area contributed by atoms with Crippen LogP contribution in [-0.4, -0.2) is 0 Å². The molecule has 0 amide bonds. The van der Waals surface area contributed by atoms with Crippen LogP contribution < -0.4 is 0 Å². The molecule has 3 aliphatic rings. The lowest BCUT2D eigenvalue weighted by atomic mass is 9.60. The van der Waals surface area contributed by atoms with Gasteiger partial charge in [-0.1, -0.05) is 102 Å². The van der Waals surface area contributed by atoms with Crippen LogP contribution in [0.5, 0.6) is 0 Å². The summed E-state index contributed by atoms with van der Waals surface area (Å²) in [5, 5.41) is 0. The van der Waals surface area contributed by atoms with Crippen molar-refractivity contribution < 1.29 is 0 Å². The monoisotopic (exact) mass is 366 g/mol. The quantitative estimate of drug-likeness (QED) is 0.270. The van der Waals surface area contributed by atoms with Crippen LogP contribution in [0.4, 0.5) is 0 Å². The fourth-order valence-corrected chi connectivity index (χ4v) is 5.15. The molecular weight excluding hydrogens is 336 g/mol. The summed E-state index contributed by atoms with van der Waals surface area (Å²) in [4.78, 5) is 0. The topological polar surface area (TPSA) is 0 Å². The molecule has 142 valence electrons. The van der Waals surface area contributed by atoms with Gasteiger partial charge in [0, 0.05) is 11.8 Å². The summed E-state index contributed by atoms with van der Waals surface area (Å²) in [6.07, 6.45) is 0. The molecule has 0 spiro atoms. The predicted molar refractivity (Wildman–Crippen MR) is 119 cm³/mol. The zero-order valence-electron chi connectivity index (χ0n) is 17.9. The van der Waals surface area contributed by atoms with E-state index in [4.69, 9.17) is 0 Å². The Kier molecular flexibility index (Phi) is 3.55. The van der Waals surface area contributed by atoms with E-state index in [0.717, 1.165) is 0 Å². The van der Waals surface area contributed by atoms with Gasteiger partial charge in [-0.05, 0) is 55.3 Å². The Bertz CT molecular complexity index is 997. The molecule has 0 aromatic heterocycles. The minimum atomic E-state index is 0.171. The SMILES string of the molecule is CC(C)(C)c1ccc2c(c1)C1c3ccccc3C2c2cc(C(C)(C)C)ccc21. The highest BCUT2D eigenvalue weighted by molar-refractivity contribution is 5.68. The van der Waals surface area contributed by atoms with E-state index in [1.807, 2.05) is 0 Å². The van der Waals surface area contributed by atoms with Crippen molar-refractivity contribution in [1.29, 1.82) is 0 Å². The average Bonchev–Trinajstić information content (AvgIpc) is 2.65. The fourth-order valence-electron chi connectivity index (χ4n) is 5.15. The fraction of sp³-hybridized carbons (Fsp3) is 0.357. The second-order valence-corrected chi connectivity index (χ2v) is 10.7. The smallest absolute Gasteiger partial charge is 0.0349 e. The largest absolute Gasteiger partial charge is 0.0619 e. The highest BCUT2D eigenvalue weighted by Crippen LogP contribution is 2.56. The molecule has 6 rings (SSSR count). The molecule has 2 unspecified atom stereocenters. The minimum Gasteiger partial charge on any atom is -0.0619 e. The molecular formula is C28H30. The van der Waals surface area contributed by atoms with E-state index in [0.29, 0.717) is 11.8 Å². The zero-order valence-corrected chi connectivity index (χ0v) is 17.9. The zero-order chi connectivity index (χ0) is 19.8. The van der Waals surface area contributed by atoms with Crippen molar-refractivity contribution in [2.24, 2.45) is 0 Å². The lowest BCUT2D eigenvalue weighted by molar-refractivity contribution is 0.583. The third-order valence-corrected chi connectivity index (χ3v) is 6.77. The van der Waals surface area contributed by atoms with Gasteiger partial charge in [0.25, 0.3) is 0 Å². The molecule has 3 aromatic carbocycles. The highest BCUT2D eigenvalue weighted by Gasteiger charge is 2.41. The van der Waals surface area contributed by atoms with Crippen LogP contribution in [0.25, 0.3) is 0 Å². The van der Waals surface area contributed by atoms with Crippen molar-refractivity contribution in [3.8, 4) is 0 Å². The molecule has 0 saturated carbocycles. The average molecular weight is 367 g/mol. The Balaban J connectivity index is 1.79. The highest BCUT2D eigenvalue weighted by atomic mass is 14.4. The van der Waals surface area contributed by atoms with Crippen molar-refractivity contribution in [2.45, 2.75) is 64.2 Å². The predicted octanol–water partition coefficient (Wildman–Crippen LogP) is 7.27. The Morgan fingerprint density at radius 1 is 0.464 bits per heavy atom. The summed E-state index contributed by atoms with van der Waals surface area (Å²) < 4.78 is 0. The Morgan fingerprint density at radius 2 is 0.821 bits per heavy atom. The first kappa shape index (κ1) is 17.7. The molecule has 0 aliphatic heterocycles. The maximum absolute atomic E-state index is 2.49. The van der Waals surface area contributed by atoms with Gasteiger partial charge in [0.05, 0.1) is 0 Å². The van der Waals surface area contributed by atoms with Gasteiger partial charge in [-0.25, -0.2) is 0 Å². The van der Waals surface area contributed by atoms with Crippen LogP contribution in [0.15, 0.2) is 60.7 Å². The van der Waals surface area contributed by atoms with Gasteiger partial charge in [0.1, 0.15) is 0 Å². The van der Waals surface area contributed by atoms with Gasteiger partial charge in [-0.2, -0.15) is 0 Å².